The predicted molar refractivity (Wildman–Crippen MR) is 122 cm³/mol. The molecule has 1 aromatic heterocycles. The molecule has 1 aliphatic heterocycles. The number of ether oxygens (including phenoxy) is 2. The fraction of sp³-hybridized carbons (Fsp3) is 0.125. The third-order valence-electron chi connectivity index (χ3n) is 5.25. The molecule has 32 heavy (non-hydrogen) atoms. The number of hydrogen-bond acceptors (Lipinski definition) is 7. The second kappa shape index (κ2) is 8.46. The van der Waals surface area contributed by atoms with Gasteiger partial charge < -0.3 is 15.2 Å². The highest BCUT2D eigenvalue weighted by atomic mass is 32.1. The lowest BCUT2D eigenvalue weighted by atomic mass is 9.84. The zero-order chi connectivity index (χ0) is 22.8. The van der Waals surface area contributed by atoms with Gasteiger partial charge in [0.1, 0.15) is 22.0 Å². The number of rotatable bonds is 4. The lowest BCUT2D eigenvalue weighted by Crippen LogP contribution is -2.38. The second-order valence-corrected chi connectivity index (χ2v) is 8.00. The molecule has 7 nitrogen and oxygen atoms in total. The molecule has 0 saturated heterocycles. The van der Waals surface area contributed by atoms with Gasteiger partial charge in [-0.05, 0) is 41.5 Å². The molecule has 0 unspecified atom stereocenters. The Morgan fingerprint density at radius 3 is 2.06 bits per heavy atom. The summed E-state index contributed by atoms with van der Waals surface area (Å²) in [5, 5.41) is 19.8. The number of aromatic nitrogens is 1. The Hall–Kier alpha value is -4.27. The lowest BCUT2D eigenvalue weighted by molar-refractivity contribution is 0.414. The van der Waals surface area contributed by atoms with Gasteiger partial charge in [-0.1, -0.05) is 24.3 Å². The summed E-state index contributed by atoms with van der Waals surface area (Å²) in [6.07, 6.45) is 1.73. The first-order valence-electron chi connectivity index (χ1n) is 9.58. The van der Waals surface area contributed by atoms with Gasteiger partial charge >= 0.3 is 0 Å². The van der Waals surface area contributed by atoms with Crippen molar-refractivity contribution < 1.29 is 9.47 Å². The lowest BCUT2D eigenvalue weighted by Gasteiger charge is -2.22. The number of nitrogens with two attached hydrogens (primary N) is 1. The Morgan fingerprint density at radius 2 is 1.53 bits per heavy atom. The fourth-order valence-corrected chi connectivity index (χ4v) is 4.76. The third-order valence-corrected chi connectivity index (χ3v) is 6.36. The molecule has 0 amide bonds. The first-order valence-corrected chi connectivity index (χ1v) is 10.4. The van der Waals surface area contributed by atoms with Crippen molar-refractivity contribution in [3.63, 3.8) is 0 Å². The number of thiazole rings is 1. The minimum absolute atomic E-state index is 0.0398. The summed E-state index contributed by atoms with van der Waals surface area (Å²) in [5.41, 5.74) is 7.91. The Bertz CT molecular complexity index is 1480. The van der Waals surface area contributed by atoms with Crippen molar-refractivity contribution in [2.24, 2.45) is 5.73 Å². The number of nitrogens with zero attached hydrogens (tertiary/aromatic N) is 3. The summed E-state index contributed by atoms with van der Waals surface area (Å²) in [5.74, 6) is 0.737. The van der Waals surface area contributed by atoms with E-state index in [1.165, 1.54) is 15.9 Å². The van der Waals surface area contributed by atoms with E-state index in [0.29, 0.717) is 26.3 Å². The van der Waals surface area contributed by atoms with Crippen LogP contribution in [0.2, 0.25) is 0 Å². The van der Waals surface area contributed by atoms with Gasteiger partial charge in [0.05, 0.1) is 48.0 Å². The number of methoxy groups -OCH3 is 2. The van der Waals surface area contributed by atoms with Crippen LogP contribution in [-0.2, 0) is 0 Å². The predicted octanol–water partition coefficient (Wildman–Crippen LogP) is 1.88. The van der Waals surface area contributed by atoms with E-state index in [-0.39, 0.29) is 17.0 Å². The van der Waals surface area contributed by atoms with Crippen LogP contribution in [0.1, 0.15) is 17.0 Å². The number of fused-ring (bicyclic) bond motifs is 1. The average Bonchev–Trinajstić information content (AvgIpc) is 3.15. The molecule has 3 aromatic rings. The Kier molecular flexibility index (Phi) is 5.55. The van der Waals surface area contributed by atoms with Crippen LogP contribution in [-0.4, -0.2) is 18.8 Å². The van der Waals surface area contributed by atoms with Crippen molar-refractivity contribution >= 4 is 28.8 Å². The number of hydrogen-bond donors (Lipinski definition) is 1. The maximum absolute atomic E-state index is 13.2. The number of benzene rings is 2. The van der Waals surface area contributed by atoms with Gasteiger partial charge in [0.2, 0.25) is 0 Å². The summed E-state index contributed by atoms with van der Waals surface area (Å²) >= 11 is 1.18. The fourth-order valence-electron chi connectivity index (χ4n) is 3.63. The zero-order valence-electron chi connectivity index (χ0n) is 17.3. The van der Waals surface area contributed by atoms with Gasteiger partial charge in [-0.3, -0.25) is 9.36 Å². The molecule has 0 fully saturated rings. The molecule has 2 heterocycles. The first kappa shape index (κ1) is 21.0. The first-order chi connectivity index (χ1) is 15.5. The summed E-state index contributed by atoms with van der Waals surface area (Å²) in [6.45, 7) is 0. The molecule has 8 heteroatoms. The largest absolute Gasteiger partial charge is 0.497 e. The summed E-state index contributed by atoms with van der Waals surface area (Å²) < 4.78 is 12.5. The van der Waals surface area contributed by atoms with E-state index in [0.717, 1.165) is 11.1 Å². The van der Waals surface area contributed by atoms with E-state index in [4.69, 9.17) is 15.2 Å². The summed E-state index contributed by atoms with van der Waals surface area (Å²) in [4.78, 5) is 13.2. The van der Waals surface area contributed by atoms with Gasteiger partial charge in [0.15, 0.2) is 0 Å². The molecule has 1 atom stereocenters. The highest BCUT2D eigenvalue weighted by Crippen LogP contribution is 2.36. The monoisotopic (exact) mass is 442 g/mol. The van der Waals surface area contributed by atoms with Crippen molar-refractivity contribution in [3.05, 3.63) is 84.8 Å². The van der Waals surface area contributed by atoms with E-state index >= 15 is 0 Å². The van der Waals surface area contributed by atoms with E-state index in [1.807, 2.05) is 12.1 Å². The van der Waals surface area contributed by atoms with Gasteiger partial charge in [0, 0.05) is 0 Å². The molecule has 0 radical (unpaired) electrons. The van der Waals surface area contributed by atoms with Crippen LogP contribution >= 0.6 is 11.3 Å². The second-order valence-electron chi connectivity index (χ2n) is 6.97. The van der Waals surface area contributed by atoms with Crippen molar-refractivity contribution in [1.29, 1.82) is 10.5 Å². The Balaban J connectivity index is 1.97. The zero-order valence-corrected chi connectivity index (χ0v) is 18.1. The molecule has 0 aliphatic carbocycles. The molecule has 0 bridgehead atoms. The van der Waals surface area contributed by atoms with Crippen LogP contribution in [0, 0.1) is 22.7 Å². The quantitative estimate of drug-likeness (QED) is 0.660. The normalized spacial score (nSPS) is 15.7. The highest BCUT2D eigenvalue weighted by molar-refractivity contribution is 7.07. The molecule has 4 rings (SSSR count). The van der Waals surface area contributed by atoms with E-state index < -0.39 is 5.92 Å². The van der Waals surface area contributed by atoms with Crippen LogP contribution in [0.5, 0.6) is 11.5 Å². The topological polar surface area (TPSA) is 114 Å². The minimum Gasteiger partial charge on any atom is -0.497 e. The number of allylic oxidation sites excluding steroid dienone is 1. The Morgan fingerprint density at radius 1 is 0.969 bits per heavy atom. The maximum Gasteiger partial charge on any atom is 0.274 e. The van der Waals surface area contributed by atoms with Crippen LogP contribution in [0.4, 0.5) is 0 Å². The van der Waals surface area contributed by atoms with Crippen LogP contribution in [0.15, 0.2) is 58.9 Å². The number of nitriles is 2. The van der Waals surface area contributed by atoms with Crippen molar-refractivity contribution in [2.45, 2.75) is 5.92 Å². The van der Waals surface area contributed by atoms with Gasteiger partial charge in [0.25, 0.3) is 5.56 Å². The van der Waals surface area contributed by atoms with Crippen LogP contribution in [0.3, 0.4) is 0 Å². The maximum atomic E-state index is 13.2. The van der Waals surface area contributed by atoms with Crippen LogP contribution < -0.4 is 30.0 Å². The van der Waals surface area contributed by atoms with Crippen molar-refractivity contribution in [3.8, 4) is 23.6 Å². The van der Waals surface area contributed by atoms with E-state index in [2.05, 4.69) is 12.1 Å². The molecule has 0 saturated carbocycles. The molecular weight excluding hydrogens is 424 g/mol. The molecule has 158 valence electrons. The van der Waals surface area contributed by atoms with E-state index in [1.54, 1.807) is 56.7 Å². The van der Waals surface area contributed by atoms with Crippen molar-refractivity contribution in [1.82, 2.24) is 4.57 Å². The summed E-state index contributed by atoms with van der Waals surface area (Å²) in [6, 6.07) is 18.7. The molecular formula is C24H18N4O3S. The van der Waals surface area contributed by atoms with Gasteiger partial charge in [-0.25, -0.2) is 0 Å². The average molecular weight is 443 g/mol. The SMILES string of the molecule is COc1ccc(/C=c2/sc3n(c2=O)C(N)=C(C#N)[C@@H](c2ccc(OC)cc2)C=3C#N)cc1. The standard InChI is InChI=1S/C24H18N4O3S/c1-30-16-7-3-14(4-8-16)11-20-23(29)28-22(27)18(12-25)21(19(13-26)24(28)32-20)15-5-9-17(31-2)10-6-15/h3-11,21H,27H2,1-2H3/b20-11+/t21-/m1/s1. The van der Waals surface area contributed by atoms with E-state index in [9.17, 15) is 15.3 Å². The third kappa shape index (κ3) is 3.43. The molecule has 0 spiro atoms. The molecule has 2 aromatic carbocycles. The molecule has 1 aliphatic rings. The highest BCUT2D eigenvalue weighted by Gasteiger charge is 2.32. The van der Waals surface area contributed by atoms with Crippen molar-refractivity contribution in [2.75, 3.05) is 14.2 Å². The smallest absolute Gasteiger partial charge is 0.274 e. The minimum atomic E-state index is -0.664. The molecule has 2 N–H and O–H groups in total. The Labute approximate surface area is 187 Å². The summed E-state index contributed by atoms with van der Waals surface area (Å²) in [7, 11) is 3.14. The van der Waals surface area contributed by atoms with Gasteiger partial charge in [-0.2, -0.15) is 10.5 Å². The van der Waals surface area contributed by atoms with Gasteiger partial charge in [-0.15, -0.1) is 11.3 Å². The van der Waals surface area contributed by atoms with Crippen LogP contribution in [0.25, 0.3) is 17.5 Å².